The van der Waals surface area contributed by atoms with Crippen molar-refractivity contribution in [3.63, 3.8) is 0 Å². The molecule has 0 aromatic carbocycles. The second-order valence-corrected chi connectivity index (χ2v) is 18.4. The second kappa shape index (κ2) is 45.3. The lowest BCUT2D eigenvalue weighted by Gasteiger charge is -2.22. The van der Waals surface area contributed by atoms with Crippen LogP contribution in [0.2, 0.25) is 0 Å². The van der Waals surface area contributed by atoms with Gasteiger partial charge in [0.05, 0.1) is 69.5 Å². The summed E-state index contributed by atoms with van der Waals surface area (Å²) in [6, 6.07) is 3.08. The predicted octanol–water partition coefficient (Wildman–Crippen LogP) is 3.80. The Bertz CT molecular complexity index is 1490. The highest BCUT2D eigenvalue weighted by Gasteiger charge is 2.21. The van der Waals surface area contributed by atoms with Gasteiger partial charge in [-0.2, -0.15) is 0 Å². The zero-order valence-corrected chi connectivity index (χ0v) is 44.2. The van der Waals surface area contributed by atoms with Gasteiger partial charge in [-0.1, -0.05) is 31.6 Å². The fraction of sp³-hybridized carbons (Fsp3) is 0.800. The molecule has 6 unspecified atom stereocenters. The zero-order valence-electron chi connectivity index (χ0n) is 42.5. The number of pyridine rings is 1. The smallest absolute Gasteiger partial charge is 0.305 e. The summed E-state index contributed by atoms with van der Waals surface area (Å²) in [6.07, 6.45) is 1.75. The first-order valence-corrected chi connectivity index (χ1v) is 25.5. The molecule has 0 saturated heterocycles. The number of ether oxygens (including phenoxy) is 10. The highest BCUT2D eigenvalue weighted by atomic mass is 33.1. The number of aromatic nitrogens is 1. The summed E-state index contributed by atoms with van der Waals surface area (Å²) < 4.78 is 51.8. The van der Waals surface area contributed by atoms with Crippen molar-refractivity contribution in [2.45, 2.75) is 146 Å². The quantitative estimate of drug-likeness (QED) is 0.0136. The molecule has 0 aliphatic heterocycles. The number of carbonyl (C=O) groups excluding carboxylic acids is 3. The summed E-state index contributed by atoms with van der Waals surface area (Å²) in [5.74, 6) is -2.02. The van der Waals surface area contributed by atoms with Crippen LogP contribution >= 0.6 is 21.6 Å². The molecule has 0 fully saturated rings. The van der Waals surface area contributed by atoms with Crippen LogP contribution in [0.3, 0.4) is 0 Å². The summed E-state index contributed by atoms with van der Waals surface area (Å²) in [5.41, 5.74) is -0.0309. The maximum Gasteiger partial charge on any atom is 0.305 e. The Morgan fingerprint density at radius 3 is 1.68 bits per heavy atom. The van der Waals surface area contributed by atoms with E-state index in [2.05, 4.69) is 24.1 Å². The number of aliphatic hydroxyl groups is 4. The number of amides is 1. The summed E-state index contributed by atoms with van der Waals surface area (Å²) >= 11 is 0. The maximum absolute atomic E-state index is 11.9. The largest absolute Gasteiger partial charge is 0.481 e. The van der Waals surface area contributed by atoms with Crippen LogP contribution in [0.1, 0.15) is 98.8 Å². The number of rotatable bonds is 41. The number of aliphatic hydroxyl groups excluding tert-OH is 4. The SMILES string of the molecule is CCC(CO)OC(CO)OC.CCC(CO)OC(COC(=O)CCCC(=O)NCCOCCOCCC(C)(C)SSc1ccc([N+](=O)[O-])cn1)OC.CCC(COC(=O)CCCC(=O)O)OC(CO)OC. The molecular weight excluding hydrogens is 983 g/mol. The normalized spacial score (nSPS) is 13.7. The number of methoxy groups -OCH3 is 3. The highest BCUT2D eigenvalue weighted by molar-refractivity contribution is 8.77. The Morgan fingerprint density at radius 2 is 1.21 bits per heavy atom. The van der Waals surface area contributed by atoms with Gasteiger partial charge in [0.1, 0.15) is 24.4 Å². The molecule has 26 heteroatoms. The van der Waals surface area contributed by atoms with Crippen LogP contribution in [0.5, 0.6) is 0 Å². The van der Waals surface area contributed by atoms with E-state index >= 15 is 0 Å². The Morgan fingerprint density at radius 1 is 0.704 bits per heavy atom. The molecule has 1 aromatic rings. The van der Waals surface area contributed by atoms with E-state index in [1.54, 1.807) is 16.9 Å². The van der Waals surface area contributed by atoms with Gasteiger partial charge in [-0.3, -0.25) is 29.3 Å². The number of nitro groups is 1. The van der Waals surface area contributed by atoms with Gasteiger partial charge < -0.3 is 78.2 Å². The van der Waals surface area contributed by atoms with Gasteiger partial charge in [-0.15, -0.1) is 0 Å². The van der Waals surface area contributed by atoms with E-state index in [9.17, 15) is 34.4 Å². The van der Waals surface area contributed by atoms with E-state index in [4.69, 9.17) is 67.8 Å². The minimum absolute atomic E-state index is 0.0309. The van der Waals surface area contributed by atoms with Crippen molar-refractivity contribution in [2.24, 2.45) is 0 Å². The first kappa shape index (κ1) is 69.7. The van der Waals surface area contributed by atoms with Gasteiger partial charge in [-0.25, -0.2) is 4.98 Å². The molecule has 6 atom stereocenters. The zero-order chi connectivity index (χ0) is 53.9. The molecular formula is C45H81N3O21S2. The molecule has 71 heavy (non-hydrogen) atoms. The van der Waals surface area contributed by atoms with Crippen molar-refractivity contribution in [2.75, 3.05) is 93.9 Å². The van der Waals surface area contributed by atoms with Gasteiger partial charge in [0.2, 0.25) is 5.91 Å². The summed E-state index contributed by atoms with van der Waals surface area (Å²) in [7, 11) is 7.38. The molecule has 0 saturated carbocycles. The lowest BCUT2D eigenvalue weighted by Crippen LogP contribution is -2.30. The van der Waals surface area contributed by atoms with Gasteiger partial charge in [0.25, 0.3) is 5.69 Å². The average molecular weight is 1060 g/mol. The Labute approximate surface area is 425 Å². The summed E-state index contributed by atoms with van der Waals surface area (Å²) in [4.78, 5) is 59.8. The maximum atomic E-state index is 11.9. The number of nitrogens with one attached hydrogen (secondary N) is 1. The molecule has 1 amide bonds. The molecule has 0 radical (unpaired) electrons. The minimum Gasteiger partial charge on any atom is -0.481 e. The van der Waals surface area contributed by atoms with Crippen molar-refractivity contribution in [3.05, 3.63) is 28.4 Å². The number of carboxylic acids is 1. The van der Waals surface area contributed by atoms with E-state index in [1.807, 2.05) is 20.8 Å². The third-order valence-electron chi connectivity index (χ3n) is 9.33. The molecule has 1 heterocycles. The minimum atomic E-state index is -0.937. The van der Waals surface area contributed by atoms with E-state index < -0.39 is 41.7 Å². The molecule has 414 valence electrons. The fourth-order valence-corrected chi connectivity index (χ4v) is 7.11. The monoisotopic (exact) mass is 1060 g/mol. The number of hydrogen-bond acceptors (Lipinski definition) is 23. The molecule has 0 bridgehead atoms. The highest BCUT2D eigenvalue weighted by Crippen LogP contribution is 2.41. The number of aliphatic carboxylic acids is 1. The van der Waals surface area contributed by atoms with E-state index in [0.717, 1.165) is 6.42 Å². The van der Waals surface area contributed by atoms with Crippen molar-refractivity contribution >= 4 is 51.1 Å². The second-order valence-electron chi connectivity index (χ2n) is 15.6. The third kappa shape index (κ3) is 39.8. The lowest BCUT2D eigenvalue weighted by atomic mass is 10.1. The van der Waals surface area contributed by atoms with Crippen molar-refractivity contribution in [3.8, 4) is 0 Å². The van der Waals surface area contributed by atoms with Crippen molar-refractivity contribution < 1.29 is 97.0 Å². The van der Waals surface area contributed by atoms with Crippen LogP contribution in [-0.4, -0.2) is 195 Å². The van der Waals surface area contributed by atoms with E-state index in [-0.39, 0.29) is 106 Å². The van der Waals surface area contributed by atoms with E-state index in [0.29, 0.717) is 63.7 Å². The van der Waals surface area contributed by atoms with E-state index in [1.165, 1.54) is 44.4 Å². The summed E-state index contributed by atoms with van der Waals surface area (Å²) in [5, 5.41) is 58.0. The first-order chi connectivity index (χ1) is 33.9. The first-order valence-electron chi connectivity index (χ1n) is 23.3. The van der Waals surface area contributed by atoms with Crippen LogP contribution in [-0.2, 0) is 66.5 Å². The third-order valence-corrected chi connectivity index (χ3v) is 12.6. The molecule has 6 N–H and O–H groups in total. The van der Waals surface area contributed by atoms with Crippen molar-refractivity contribution in [1.82, 2.24) is 10.3 Å². The molecule has 0 aliphatic carbocycles. The molecule has 24 nitrogen and oxygen atoms in total. The van der Waals surface area contributed by atoms with Gasteiger partial charge in [0.15, 0.2) is 18.9 Å². The number of carbonyl (C=O) groups is 4. The summed E-state index contributed by atoms with van der Waals surface area (Å²) in [6.45, 7) is 11.2. The lowest BCUT2D eigenvalue weighted by molar-refractivity contribution is -0.385. The van der Waals surface area contributed by atoms with Gasteiger partial charge in [0, 0.05) is 71.0 Å². The predicted molar refractivity (Wildman–Crippen MR) is 261 cm³/mol. The number of hydrogen-bond donors (Lipinski definition) is 6. The molecule has 1 aromatic heterocycles. The average Bonchev–Trinajstić information content (AvgIpc) is 3.36. The number of carboxylic acid groups (broad SMARTS) is 1. The van der Waals surface area contributed by atoms with Crippen LogP contribution in [0.4, 0.5) is 5.69 Å². The molecule has 1 rings (SSSR count). The fourth-order valence-electron chi connectivity index (χ4n) is 4.93. The Kier molecular flexibility index (Phi) is 44.5. The van der Waals surface area contributed by atoms with Crippen LogP contribution in [0.15, 0.2) is 23.4 Å². The standard InChI is InChI=1S/C26H43N3O10S2.C12H22O7.C7H16O4/c1-5-21(18-30)39-25(35-4)19-38-24(32)8-6-7-22(31)27-12-14-37-16-15-36-13-11-26(2,3)41-40-23-10-9-20(17-28-23)29(33)34;1-3-9(19-12(7-13)17-2)8-18-11(16)6-4-5-10(14)15;1-3-6(4-8)11-7(5-9)10-2/h9-10,17,21,25,30H,5-8,11-16,18-19H2,1-4H3,(H,27,31);9,12-13H,3-8H2,1-2H3,(H,14,15);6-9H,3-5H2,1-2H3. The topological polar surface area (TPSA) is 330 Å². The van der Waals surface area contributed by atoms with Gasteiger partial charge >= 0.3 is 17.9 Å². The van der Waals surface area contributed by atoms with Crippen LogP contribution in [0, 0.1) is 10.1 Å². The van der Waals surface area contributed by atoms with Crippen LogP contribution in [0.25, 0.3) is 0 Å². The number of esters is 2. The number of nitrogens with zero attached hydrogens (tertiary/aromatic N) is 2. The molecule has 0 spiro atoms. The Hall–Kier alpha value is -3.35. The Balaban J connectivity index is 0. The molecule has 0 aliphatic rings. The van der Waals surface area contributed by atoms with Crippen LogP contribution < -0.4 is 5.32 Å². The van der Waals surface area contributed by atoms with Crippen molar-refractivity contribution in [1.29, 1.82) is 0 Å². The van der Waals surface area contributed by atoms with Gasteiger partial charge in [-0.05, 0) is 69.2 Å².